The summed E-state index contributed by atoms with van der Waals surface area (Å²) in [5.41, 5.74) is 0.0779. The zero-order valence-corrected chi connectivity index (χ0v) is 16.1. The van der Waals surface area contributed by atoms with Gasteiger partial charge in [0.2, 0.25) is 0 Å². The van der Waals surface area contributed by atoms with Crippen LogP contribution in [0.5, 0.6) is 0 Å². The quantitative estimate of drug-likeness (QED) is 0.811. The molecule has 1 aliphatic carbocycles. The van der Waals surface area contributed by atoms with Crippen molar-refractivity contribution in [1.29, 1.82) is 0 Å². The Kier molecular flexibility index (Phi) is 3.45. The minimum atomic E-state index is -1.60. The van der Waals surface area contributed by atoms with Crippen molar-refractivity contribution >= 4 is 23.3 Å². The number of nitrogens with zero attached hydrogens (tertiary/aromatic N) is 1. The Hall–Kier alpha value is -3.28. The van der Waals surface area contributed by atoms with E-state index in [9.17, 15) is 18.8 Å². The lowest BCUT2D eigenvalue weighted by molar-refractivity contribution is -0.124. The van der Waals surface area contributed by atoms with E-state index in [0.717, 1.165) is 6.07 Å². The normalized spacial score (nSPS) is 24.8. The number of amides is 2. The Morgan fingerprint density at radius 2 is 1.72 bits per heavy atom. The average Bonchev–Trinajstić information content (AvgIpc) is 3.07. The van der Waals surface area contributed by atoms with Crippen molar-refractivity contribution in [1.82, 2.24) is 5.32 Å². The fraction of sp³-hybridized carbons (Fsp3) is 0.261. The van der Waals surface area contributed by atoms with Gasteiger partial charge in [0.25, 0.3) is 11.8 Å². The monoisotopic (exact) mass is 390 g/mol. The van der Waals surface area contributed by atoms with Gasteiger partial charge in [-0.05, 0) is 36.1 Å². The molecule has 1 N–H and O–H groups in total. The maximum Gasteiger partial charge on any atom is 0.266 e. The molecule has 3 aliphatic rings. The second-order valence-electron chi connectivity index (χ2n) is 8.63. The van der Waals surface area contributed by atoms with Crippen LogP contribution < -0.4 is 10.2 Å². The Balaban J connectivity index is 1.81. The van der Waals surface area contributed by atoms with E-state index < -0.39 is 23.2 Å². The number of halogens is 1. The Morgan fingerprint density at radius 3 is 2.45 bits per heavy atom. The molecular formula is C23H19FN2O3. The number of rotatable bonds is 1. The first-order valence-corrected chi connectivity index (χ1v) is 9.54. The van der Waals surface area contributed by atoms with Crippen molar-refractivity contribution in [2.24, 2.45) is 5.41 Å². The van der Waals surface area contributed by atoms with Gasteiger partial charge in [-0.2, -0.15) is 0 Å². The number of nitrogens with one attached hydrogen (secondary N) is 1. The van der Waals surface area contributed by atoms with Crippen LogP contribution in [0.25, 0.3) is 0 Å². The van der Waals surface area contributed by atoms with Crippen LogP contribution in [-0.4, -0.2) is 17.6 Å². The van der Waals surface area contributed by atoms with Crippen molar-refractivity contribution < 1.29 is 18.8 Å². The molecule has 6 heteroatoms. The predicted molar refractivity (Wildman–Crippen MR) is 105 cm³/mol. The zero-order chi connectivity index (χ0) is 20.6. The standard InChI is InChI=1S/C23H19FN2O3/c1-22(2)11-17-19(18(27)12-22)23(21(29)26(17)14-6-4-3-5-7-14)16-9-8-13(24)10-15(16)20(28)25-23/h3-10H,11-12H2,1-2H3,(H,25,28). The van der Waals surface area contributed by atoms with Crippen molar-refractivity contribution in [3.63, 3.8) is 0 Å². The molecule has 1 unspecified atom stereocenters. The molecule has 5 rings (SSSR count). The van der Waals surface area contributed by atoms with Gasteiger partial charge < -0.3 is 5.32 Å². The summed E-state index contributed by atoms with van der Waals surface area (Å²) in [6, 6.07) is 12.9. The van der Waals surface area contributed by atoms with Gasteiger partial charge >= 0.3 is 0 Å². The smallest absolute Gasteiger partial charge is 0.266 e. The van der Waals surface area contributed by atoms with Gasteiger partial charge in [-0.1, -0.05) is 38.1 Å². The van der Waals surface area contributed by atoms with E-state index in [1.165, 1.54) is 12.1 Å². The third-order valence-electron chi connectivity index (χ3n) is 5.97. The van der Waals surface area contributed by atoms with Gasteiger partial charge in [0.1, 0.15) is 5.82 Å². The summed E-state index contributed by atoms with van der Waals surface area (Å²) >= 11 is 0. The molecule has 0 saturated carbocycles. The maximum absolute atomic E-state index is 13.9. The first-order chi connectivity index (χ1) is 13.7. The molecule has 1 spiro atoms. The highest BCUT2D eigenvalue weighted by molar-refractivity contribution is 6.23. The molecule has 2 aromatic rings. The van der Waals surface area contributed by atoms with Crippen molar-refractivity contribution in [3.05, 3.63) is 76.7 Å². The van der Waals surface area contributed by atoms with Crippen molar-refractivity contribution in [2.45, 2.75) is 32.2 Å². The van der Waals surface area contributed by atoms with Gasteiger partial charge in [-0.3, -0.25) is 19.3 Å². The summed E-state index contributed by atoms with van der Waals surface area (Å²) in [5, 5.41) is 2.75. The summed E-state index contributed by atoms with van der Waals surface area (Å²) in [6.45, 7) is 3.98. The maximum atomic E-state index is 13.9. The van der Waals surface area contributed by atoms with Gasteiger partial charge in [0, 0.05) is 28.9 Å². The summed E-state index contributed by atoms with van der Waals surface area (Å²) in [7, 11) is 0. The highest BCUT2D eigenvalue weighted by atomic mass is 19.1. The molecule has 5 nitrogen and oxygen atoms in total. The number of fused-ring (bicyclic) bond motifs is 3. The minimum Gasteiger partial charge on any atom is -0.330 e. The number of hydrogen-bond acceptors (Lipinski definition) is 3. The first kappa shape index (κ1) is 17.8. The number of ketones is 1. The van der Waals surface area contributed by atoms with Crippen LogP contribution in [0.2, 0.25) is 0 Å². The number of anilines is 1. The number of Topliss-reactive ketones (excluding diaryl/α,β-unsaturated/α-hetero) is 1. The van der Waals surface area contributed by atoms with E-state index >= 15 is 0 Å². The molecule has 0 radical (unpaired) electrons. The number of allylic oxidation sites excluding steroid dienone is 1. The zero-order valence-electron chi connectivity index (χ0n) is 16.1. The van der Waals surface area contributed by atoms with E-state index in [1.807, 2.05) is 32.0 Å². The average molecular weight is 390 g/mol. The van der Waals surface area contributed by atoms with Crippen molar-refractivity contribution in [2.75, 3.05) is 4.90 Å². The topological polar surface area (TPSA) is 66.5 Å². The molecular weight excluding hydrogens is 371 g/mol. The SMILES string of the molecule is CC1(C)CC(=O)C2=C(C1)N(c1ccccc1)C(=O)C21NC(=O)c2cc(F)ccc21. The Bertz CT molecular complexity index is 1140. The van der Waals surface area contributed by atoms with Crippen LogP contribution in [-0.2, 0) is 15.1 Å². The molecule has 29 heavy (non-hydrogen) atoms. The van der Waals surface area contributed by atoms with Gasteiger partial charge in [-0.15, -0.1) is 0 Å². The lowest BCUT2D eigenvalue weighted by Gasteiger charge is -2.33. The van der Waals surface area contributed by atoms with Crippen LogP contribution in [0, 0.1) is 11.2 Å². The Labute approximate surface area is 167 Å². The molecule has 0 aromatic heterocycles. The van der Waals surface area contributed by atoms with E-state index in [-0.39, 0.29) is 23.2 Å². The fourth-order valence-corrected chi connectivity index (χ4v) is 4.85. The minimum absolute atomic E-state index is 0.0951. The number of benzene rings is 2. The highest BCUT2D eigenvalue weighted by Gasteiger charge is 2.63. The highest BCUT2D eigenvalue weighted by Crippen LogP contribution is 2.53. The Morgan fingerprint density at radius 1 is 1.00 bits per heavy atom. The summed E-state index contributed by atoms with van der Waals surface area (Å²) in [5.74, 6) is -1.68. The van der Waals surface area contributed by atoms with Gasteiger partial charge in [-0.25, -0.2) is 4.39 Å². The van der Waals surface area contributed by atoms with Crippen LogP contribution in [0.4, 0.5) is 10.1 Å². The summed E-state index contributed by atoms with van der Waals surface area (Å²) in [6.07, 6.45) is 0.790. The number of hydrogen-bond donors (Lipinski definition) is 1. The predicted octanol–water partition coefficient (Wildman–Crippen LogP) is 3.45. The number of carbonyl (C=O) groups excluding carboxylic acids is 3. The summed E-state index contributed by atoms with van der Waals surface area (Å²) < 4.78 is 13.8. The van der Waals surface area contributed by atoms with E-state index in [2.05, 4.69) is 5.32 Å². The molecule has 2 aromatic carbocycles. The fourth-order valence-electron chi connectivity index (χ4n) is 4.85. The van der Waals surface area contributed by atoms with Gasteiger partial charge in [0.05, 0.1) is 5.57 Å². The largest absolute Gasteiger partial charge is 0.330 e. The van der Waals surface area contributed by atoms with E-state index in [0.29, 0.717) is 28.9 Å². The third kappa shape index (κ3) is 2.29. The van der Waals surface area contributed by atoms with Crippen LogP contribution in [0.15, 0.2) is 59.8 Å². The second-order valence-corrected chi connectivity index (χ2v) is 8.63. The molecule has 0 bridgehead atoms. The molecule has 2 aliphatic heterocycles. The van der Waals surface area contributed by atoms with E-state index in [1.54, 1.807) is 17.0 Å². The summed E-state index contributed by atoms with van der Waals surface area (Å²) in [4.78, 5) is 41.4. The van der Waals surface area contributed by atoms with Gasteiger partial charge in [0.15, 0.2) is 11.3 Å². The first-order valence-electron chi connectivity index (χ1n) is 9.54. The van der Waals surface area contributed by atoms with Crippen molar-refractivity contribution in [3.8, 4) is 0 Å². The molecule has 2 amide bonds. The number of para-hydroxylation sites is 1. The van der Waals surface area contributed by atoms with Crippen LogP contribution in [0.1, 0.15) is 42.6 Å². The third-order valence-corrected chi connectivity index (χ3v) is 5.97. The molecule has 2 heterocycles. The lowest BCUT2D eigenvalue weighted by Crippen LogP contribution is -2.50. The molecule has 0 saturated heterocycles. The molecule has 0 fully saturated rings. The van der Waals surface area contributed by atoms with E-state index in [4.69, 9.17) is 0 Å². The van der Waals surface area contributed by atoms with Crippen LogP contribution >= 0.6 is 0 Å². The molecule has 146 valence electrons. The number of carbonyl (C=O) groups is 3. The van der Waals surface area contributed by atoms with Crippen LogP contribution in [0.3, 0.4) is 0 Å². The lowest BCUT2D eigenvalue weighted by atomic mass is 9.71. The molecule has 1 atom stereocenters. The second kappa shape index (κ2) is 5.63.